The predicted octanol–water partition coefficient (Wildman–Crippen LogP) is 1.93. The van der Waals surface area contributed by atoms with E-state index in [2.05, 4.69) is 0 Å². The molecule has 1 aliphatic carbocycles. The first-order valence-electron chi connectivity index (χ1n) is 6.36. The van der Waals surface area contributed by atoms with Crippen LogP contribution in [-0.4, -0.2) is 26.6 Å². The highest BCUT2D eigenvalue weighted by molar-refractivity contribution is 5.99. The van der Waals surface area contributed by atoms with Gasteiger partial charge in [0.2, 0.25) is 5.91 Å². The molecular weight excluding hydrogens is 247 g/mol. The summed E-state index contributed by atoms with van der Waals surface area (Å²) in [5.41, 5.74) is 5.69. The van der Waals surface area contributed by atoms with Gasteiger partial charge in [-0.05, 0) is 25.0 Å². The summed E-state index contributed by atoms with van der Waals surface area (Å²) in [7, 11) is 3.13. The first-order chi connectivity index (χ1) is 9.04. The Morgan fingerprint density at radius 2 is 2.21 bits per heavy atom. The molecule has 1 aromatic rings. The fourth-order valence-electron chi connectivity index (χ4n) is 2.50. The summed E-state index contributed by atoms with van der Waals surface area (Å²) in [4.78, 5) is 14.0. The minimum absolute atomic E-state index is 0.0647. The van der Waals surface area contributed by atoms with Crippen molar-refractivity contribution in [1.29, 1.82) is 0 Å². The molecule has 4 nitrogen and oxygen atoms in total. The molecule has 19 heavy (non-hydrogen) atoms. The van der Waals surface area contributed by atoms with Crippen LogP contribution in [0.3, 0.4) is 0 Å². The van der Waals surface area contributed by atoms with Crippen LogP contribution in [0.1, 0.15) is 19.3 Å². The van der Waals surface area contributed by atoms with Crippen LogP contribution in [0.25, 0.3) is 0 Å². The smallest absolute Gasteiger partial charge is 0.234 e. The van der Waals surface area contributed by atoms with E-state index in [0.717, 1.165) is 19.3 Å². The van der Waals surface area contributed by atoms with E-state index in [0.29, 0.717) is 18.0 Å². The number of anilines is 1. The van der Waals surface area contributed by atoms with Gasteiger partial charge >= 0.3 is 0 Å². The third-order valence-corrected chi connectivity index (χ3v) is 3.96. The van der Waals surface area contributed by atoms with Crippen molar-refractivity contribution in [1.82, 2.24) is 0 Å². The Morgan fingerprint density at radius 1 is 1.53 bits per heavy atom. The minimum atomic E-state index is -0.480. The number of hydrogen-bond donors (Lipinski definition) is 1. The second kappa shape index (κ2) is 5.17. The third kappa shape index (κ3) is 2.30. The monoisotopic (exact) mass is 266 g/mol. The average Bonchev–Trinajstić information content (AvgIpc) is 2.37. The van der Waals surface area contributed by atoms with Crippen molar-refractivity contribution in [2.75, 3.05) is 25.6 Å². The molecule has 0 aromatic heterocycles. The number of carbonyl (C=O) groups is 1. The number of halogens is 1. The van der Waals surface area contributed by atoms with Crippen molar-refractivity contribution in [3.8, 4) is 5.75 Å². The van der Waals surface area contributed by atoms with Crippen molar-refractivity contribution in [2.24, 2.45) is 11.1 Å². The molecule has 1 amide bonds. The van der Waals surface area contributed by atoms with Crippen molar-refractivity contribution in [2.45, 2.75) is 19.3 Å². The van der Waals surface area contributed by atoms with E-state index in [4.69, 9.17) is 10.5 Å². The van der Waals surface area contributed by atoms with Gasteiger partial charge in [0.25, 0.3) is 0 Å². The second-order valence-corrected chi connectivity index (χ2v) is 5.02. The molecule has 0 heterocycles. The van der Waals surface area contributed by atoms with Crippen molar-refractivity contribution >= 4 is 11.6 Å². The minimum Gasteiger partial charge on any atom is -0.495 e. The van der Waals surface area contributed by atoms with Crippen LogP contribution >= 0.6 is 0 Å². The van der Waals surface area contributed by atoms with Crippen LogP contribution < -0.4 is 15.4 Å². The maximum Gasteiger partial charge on any atom is 0.234 e. The number of nitrogens with two attached hydrogens (primary N) is 1. The van der Waals surface area contributed by atoms with Gasteiger partial charge in [0, 0.05) is 19.7 Å². The average molecular weight is 266 g/mol. The number of nitrogens with zero attached hydrogens (tertiary/aromatic N) is 1. The number of carbonyl (C=O) groups excluding carboxylic acids is 1. The Hall–Kier alpha value is -1.62. The quantitative estimate of drug-likeness (QED) is 0.906. The standard InChI is InChI=1S/C14H19FN2O2/c1-17(13(18)14(9-16)6-3-7-14)11-8-10(15)4-5-12(11)19-2/h4-5,8H,3,6-7,9,16H2,1-2H3. The Balaban J connectivity index is 2.31. The van der Waals surface area contributed by atoms with E-state index in [-0.39, 0.29) is 5.91 Å². The molecule has 0 unspecified atom stereocenters. The highest BCUT2D eigenvalue weighted by Gasteiger charge is 2.45. The molecule has 0 radical (unpaired) electrons. The third-order valence-electron chi connectivity index (χ3n) is 3.96. The number of methoxy groups -OCH3 is 1. The fourth-order valence-corrected chi connectivity index (χ4v) is 2.50. The first kappa shape index (κ1) is 13.8. The lowest BCUT2D eigenvalue weighted by Gasteiger charge is -2.41. The number of hydrogen-bond acceptors (Lipinski definition) is 3. The molecule has 0 bridgehead atoms. The predicted molar refractivity (Wildman–Crippen MR) is 71.7 cm³/mol. The zero-order chi connectivity index (χ0) is 14.0. The van der Waals surface area contributed by atoms with E-state index in [1.807, 2.05) is 0 Å². The van der Waals surface area contributed by atoms with Crippen LogP contribution in [0, 0.1) is 11.2 Å². The SMILES string of the molecule is COc1ccc(F)cc1N(C)C(=O)C1(CN)CCC1. The molecule has 5 heteroatoms. The van der Waals surface area contributed by atoms with Crippen LogP contribution in [0.5, 0.6) is 5.75 Å². The highest BCUT2D eigenvalue weighted by Crippen LogP contribution is 2.43. The Bertz CT molecular complexity index is 481. The first-order valence-corrected chi connectivity index (χ1v) is 6.36. The number of rotatable bonds is 4. The van der Waals surface area contributed by atoms with Gasteiger partial charge in [-0.2, -0.15) is 0 Å². The number of ether oxygens (including phenoxy) is 1. The van der Waals surface area contributed by atoms with Gasteiger partial charge in [-0.1, -0.05) is 6.42 Å². The topological polar surface area (TPSA) is 55.6 Å². The summed E-state index contributed by atoms with van der Waals surface area (Å²) >= 11 is 0. The van der Waals surface area contributed by atoms with Gasteiger partial charge < -0.3 is 15.4 Å². The largest absolute Gasteiger partial charge is 0.495 e. The van der Waals surface area contributed by atoms with Gasteiger partial charge in [-0.25, -0.2) is 4.39 Å². The molecule has 104 valence electrons. The highest BCUT2D eigenvalue weighted by atomic mass is 19.1. The molecule has 1 aliphatic rings. The van der Waals surface area contributed by atoms with Crippen molar-refractivity contribution < 1.29 is 13.9 Å². The summed E-state index contributed by atoms with van der Waals surface area (Å²) in [6.45, 7) is 0.327. The Morgan fingerprint density at radius 3 is 2.68 bits per heavy atom. The fraction of sp³-hybridized carbons (Fsp3) is 0.500. The summed E-state index contributed by atoms with van der Waals surface area (Å²) in [5, 5.41) is 0. The summed E-state index contributed by atoms with van der Waals surface area (Å²) in [5.74, 6) is 0.0137. The molecule has 2 rings (SSSR count). The van der Waals surface area contributed by atoms with E-state index in [1.165, 1.54) is 30.2 Å². The van der Waals surface area contributed by atoms with Gasteiger partial charge in [0.15, 0.2) is 0 Å². The van der Waals surface area contributed by atoms with Gasteiger partial charge in [0.05, 0.1) is 18.2 Å². The molecule has 1 fully saturated rings. The van der Waals surface area contributed by atoms with Crippen LogP contribution in [0.4, 0.5) is 10.1 Å². The van der Waals surface area contributed by atoms with Crippen LogP contribution in [0.2, 0.25) is 0 Å². The van der Waals surface area contributed by atoms with Crippen molar-refractivity contribution in [3.63, 3.8) is 0 Å². The van der Waals surface area contributed by atoms with Gasteiger partial charge in [0.1, 0.15) is 11.6 Å². The Labute approximate surface area is 112 Å². The summed E-state index contributed by atoms with van der Waals surface area (Å²) in [6.07, 6.45) is 2.60. The maximum absolute atomic E-state index is 13.4. The van der Waals surface area contributed by atoms with Crippen molar-refractivity contribution in [3.05, 3.63) is 24.0 Å². The zero-order valence-electron chi connectivity index (χ0n) is 11.3. The molecule has 0 saturated heterocycles. The number of amides is 1. The summed E-state index contributed by atoms with van der Waals surface area (Å²) in [6, 6.07) is 4.13. The Kier molecular flexibility index (Phi) is 3.75. The summed E-state index contributed by atoms with van der Waals surface area (Å²) < 4.78 is 18.5. The van der Waals surface area contributed by atoms with Crippen LogP contribution in [0.15, 0.2) is 18.2 Å². The lowest BCUT2D eigenvalue weighted by atomic mass is 9.68. The molecule has 0 atom stereocenters. The second-order valence-electron chi connectivity index (χ2n) is 5.02. The lowest BCUT2D eigenvalue weighted by molar-refractivity contribution is -0.131. The molecule has 0 spiro atoms. The molecule has 0 aliphatic heterocycles. The van der Waals surface area contributed by atoms with E-state index < -0.39 is 11.2 Å². The van der Waals surface area contributed by atoms with Crippen LogP contribution in [-0.2, 0) is 4.79 Å². The molecule has 1 aromatic carbocycles. The van der Waals surface area contributed by atoms with Gasteiger partial charge in [-0.15, -0.1) is 0 Å². The number of benzene rings is 1. The van der Waals surface area contributed by atoms with Gasteiger partial charge in [-0.3, -0.25) is 4.79 Å². The molecule has 2 N–H and O–H groups in total. The maximum atomic E-state index is 13.4. The van der Waals surface area contributed by atoms with E-state index in [1.54, 1.807) is 7.05 Å². The molecule has 1 saturated carbocycles. The molecular formula is C14H19FN2O2. The lowest BCUT2D eigenvalue weighted by Crippen LogP contribution is -2.51. The van der Waals surface area contributed by atoms with E-state index >= 15 is 0 Å². The van der Waals surface area contributed by atoms with E-state index in [9.17, 15) is 9.18 Å². The normalized spacial score (nSPS) is 16.6. The zero-order valence-corrected chi connectivity index (χ0v) is 11.3.